The van der Waals surface area contributed by atoms with E-state index in [9.17, 15) is 0 Å². The summed E-state index contributed by atoms with van der Waals surface area (Å²) in [5, 5.41) is 3.52. The molecule has 1 aliphatic carbocycles. The van der Waals surface area contributed by atoms with Crippen molar-refractivity contribution < 1.29 is 4.74 Å². The predicted octanol–water partition coefficient (Wildman–Crippen LogP) is 0.596. The maximum absolute atomic E-state index is 5.90. The highest BCUT2D eigenvalue weighted by molar-refractivity contribution is 4.96. The zero-order valence-corrected chi connectivity index (χ0v) is 9.25. The molecule has 0 aromatic rings. The number of hydrogen-bond donors (Lipinski definition) is 2. The van der Waals surface area contributed by atoms with Gasteiger partial charge in [0.15, 0.2) is 0 Å². The van der Waals surface area contributed by atoms with E-state index in [1.807, 2.05) is 0 Å². The molecular weight excluding hydrogens is 176 g/mol. The molecule has 3 nitrogen and oxygen atoms in total. The van der Waals surface area contributed by atoms with Crippen molar-refractivity contribution in [2.24, 2.45) is 23.0 Å². The molecule has 3 atom stereocenters. The zero-order chi connectivity index (χ0) is 10.2. The number of rotatable bonds is 4. The Hall–Kier alpha value is -0.120. The lowest BCUT2D eigenvalue weighted by Crippen LogP contribution is -2.36. The fourth-order valence-corrected chi connectivity index (χ4v) is 2.19. The third-order valence-electron chi connectivity index (χ3n) is 3.76. The summed E-state index contributed by atoms with van der Waals surface area (Å²) in [5.74, 6) is 1.40. The van der Waals surface area contributed by atoms with Gasteiger partial charge in [-0.1, -0.05) is 13.8 Å². The molecule has 0 aromatic heterocycles. The normalized spacial score (nSPS) is 40.1. The highest BCUT2D eigenvalue weighted by Crippen LogP contribution is 2.50. The van der Waals surface area contributed by atoms with Gasteiger partial charge in [-0.25, -0.2) is 0 Å². The molecule has 1 aliphatic heterocycles. The van der Waals surface area contributed by atoms with Crippen molar-refractivity contribution in [3.8, 4) is 0 Å². The summed E-state index contributed by atoms with van der Waals surface area (Å²) in [7, 11) is 0. The van der Waals surface area contributed by atoms with Crippen molar-refractivity contribution in [1.82, 2.24) is 5.32 Å². The van der Waals surface area contributed by atoms with Crippen LogP contribution in [0.2, 0.25) is 0 Å². The molecule has 0 aromatic carbocycles. The van der Waals surface area contributed by atoms with E-state index >= 15 is 0 Å². The molecule has 0 radical (unpaired) electrons. The van der Waals surface area contributed by atoms with Crippen LogP contribution in [0.25, 0.3) is 0 Å². The van der Waals surface area contributed by atoms with E-state index in [4.69, 9.17) is 10.5 Å². The van der Waals surface area contributed by atoms with Crippen LogP contribution >= 0.6 is 0 Å². The zero-order valence-electron chi connectivity index (χ0n) is 9.25. The van der Waals surface area contributed by atoms with Gasteiger partial charge in [-0.15, -0.1) is 0 Å². The minimum Gasteiger partial charge on any atom is -0.379 e. The van der Waals surface area contributed by atoms with E-state index < -0.39 is 0 Å². The highest BCUT2D eigenvalue weighted by atomic mass is 16.5. The Morgan fingerprint density at radius 2 is 2.07 bits per heavy atom. The molecule has 2 fully saturated rings. The van der Waals surface area contributed by atoms with Gasteiger partial charge in [-0.2, -0.15) is 0 Å². The van der Waals surface area contributed by atoms with E-state index in [1.165, 1.54) is 6.42 Å². The molecule has 0 amide bonds. The fourth-order valence-electron chi connectivity index (χ4n) is 2.19. The van der Waals surface area contributed by atoms with Crippen LogP contribution in [-0.4, -0.2) is 32.3 Å². The Kier molecular flexibility index (Phi) is 2.82. The van der Waals surface area contributed by atoms with E-state index in [2.05, 4.69) is 19.2 Å². The summed E-state index contributed by atoms with van der Waals surface area (Å²) >= 11 is 0. The van der Waals surface area contributed by atoms with Crippen LogP contribution in [0.1, 0.15) is 20.3 Å². The molecule has 14 heavy (non-hydrogen) atoms. The largest absolute Gasteiger partial charge is 0.379 e. The Morgan fingerprint density at radius 1 is 1.36 bits per heavy atom. The second kappa shape index (κ2) is 3.80. The van der Waals surface area contributed by atoms with Crippen LogP contribution in [0.3, 0.4) is 0 Å². The third kappa shape index (κ3) is 2.27. The fraction of sp³-hybridized carbons (Fsp3) is 1.00. The SMILES string of the molecule is CC1(C)CC1CNCC1COCC1N. The molecule has 2 rings (SSSR count). The topological polar surface area (TPSA) is 47.3 Å². The molecule has 0 spiro atoms. The quantitative estimate of drug-likeness (QED) is 0.695. The van der Waals surface area contributed by atoms with Crippen molar-refractivity contribution in [2.45, 2.75) is 26.3 Å². The van der Waals surface area contributed by atoms with E-state index in [1.54, 1.807) is 0 Å². The second-order valence-corrected chi connectivity index (χ2v) is 5.51. The van der Waals surface area contributed by atoms with Crippen LogP contribution in [0.5, 0.6) is 0 Å². The molecular formula is C11H22N2O. The third-order valence-corrected chi connectivity index (χ3v) is 3.76. The smallest absolute Gasteiger partial charge is 0.0621 e. The summed E-state index contributed by atoms with van der Waals surface area (Å²) in [6.07, 6.45) is 1.37. The van der Waals surface area contributed by atoms with Crippen LogP contribution in [-0.2, 0) is 4.74 Å². The van der Waals surface area contributed by atoms with Gasteiger partial charge in [0.2, 0.25) is 0 Å². The van der Waals surface area contributed by atoms with Gasteiger partial charge < -0.3 is 15.8 Å². The van der Waals surface area contributed by atoms with Gasteiger partial charge >= 0.3 is 0 Å². The maximum atomic E-state index is 5.90. The van der Waals surface area contributed by atoms with Gasteiger partial charge in [0.1, 0.15) is 0 Å². The molecule has 1 saturated carbocycles. The van der Waals surface area contributed by atoms with Crippen molar-refractivity contribution in [3.05, 3.63) is 0 Å². The first-order valence-electron chi connectivity index (χ1n) is 5.63. The summed E-state index contributed by atoms with van der Waals surface area (Å²) in [4.78, 5) is 0. The molecule has 3 N–H and O–H groups in total. The monoisotopic (exact) mass is 198 g/mol. The lowest BCUT2D eigenvalue weighted by molar-refractivity contribution is 0.183. The summed E-state index contributed by atoms with van der Waals surface area (Å²) in [5.41, 5.74) is 6.48. The van der Waals surface area contributed by atoms with Gasteiger partial charge in [-0.05, 0) is 24.3 Å². The lowest BCUT2D eigenvalue weighted by Gasteiger charge is -2.14. The Balaban J connectivity index is 1.59. The number of hydrogen-bond acceptors (Lipinski definition) is 3. The molecule has 82 valence electrons. The molecule has 2 aliphatic rings. The van der Waals surface area contributed by atoms with Crippen LogP contribution in [0.4, 0.5) is 0 Å². The van der Waals surface area contributed by atoms with Gasteiger partial charge in [0, 0.05) is 18.5 Å². The first kappa shape index (κ1) is 10.4. The van der Waals surface area contributed by atoms with Gasteiger partial charge in [-0.3, -0.25) is 0 Å². The standard InChI is InChI=1S/C11H22N2O/c1-11(2)3-9(11)5-13-4-8-6-14-7-10(8)12/h8-10,13H,3-7,12H2,1-2H3. The van der Waals surface area contributed by atoms with E-state index in [0.29, 0.717) is 11.3 Å². The average molecular weight is 198 g/mol. The van der Waals surface area contributed by atoms with Gasteiger partial charge in [0.25, 0.3) is 0 Å². The first-order valence-corrected chi connectivity index (χ1v) is 5.63. The minimum absolute atomic E-state index is 0.245. The van der Waals surface area contributed by atoms with Crippen LogP contribution < -0.4 is 11.1 Å². The minimum atomic E-state index is 0.245. The number of nitrogens with one attached hydrogen (secondary N) is 1. The summed E-state index contributed by atoms with van der Waals surface area (Å²) < 4.78 is 5.32. The molecule has 3 unspecified atom stereocenters. The Bertz CT molecular complexity index is 205. The second-order valence-electron chi connectivity index (χ2n) is 5.51. The molecule has 3 heteroatoms. The predicted molar refractivity (Wildman–Crippen MR) is 57.0 cm³/mol. The average Bonchev–Trinajstić information content (AvgIpc) is 2.53. The van der Waals surface area contributed by atoms with E-state index in [-0.39, 0.29) is 6.04 Å². The summed E-state index contributed by atoms with van der Waals surface area (Å²) in [6, 6.07) is 0.245. The highest BCUT2D eigenvalue weighted by Gasteiger charge is 2.44. The van der Waals surface area contributed by atoms with Crippen molar-refractivity contribution in [3.63, 3.8) is 0 Å². The number of nitrogens with two attached hydrogens (primary N) is 1. The molecule has 0 bridgehead atoms. The lowest BCUT2D eigenvalue weighted by atomic mass is 10.0. The first-order chi connectivity index (χ1) is 6.59. The van der Waals surface area contributed by atoms with Crippen LogP contribution in [0, 0.1) is 17.3 Å². The summed E-state index contributed by atoms with van der Waals surface area (Å²) in [6.45, 7) is 8.42. The van der Waals surface area contributed by atoms with Gasteiger partial charge in [0.05, 0.1) is 13.2 Å². The Morgan fingerprint density at radius 3 is 2.57 bits per heavy atom. The maximum Gasteiger partial charge on any atom is 0.0621 e. The molecule has 1 heterocycles. The van der Waals surface area contributed by atoms with Crippen LogP contribution in [0.15, 0.2) is 0 Å². The van der Waals surface area contributed by atoms with Crippen molar-refractivity contribution in [2.75, 3.05) is 26.3 Å². The Labute approximate surface area is 86.4 Å². The van der Waals surface area contributed by atoms with Crippen molar-refractivity contribution in [1.29, 1.82) is 0 Å². The number of ether oxygens (including phenoxy) is 1. The van der Waals surface area contributed by atoms with E-state index in [0.717, 1.165) is 32.2 Å². The molecule has 1 saturated heterocycles. The van der Waals surface area contributed by atoms with Crippen molar-refractivity contribution >= 4 is 0 Å².